The highest BCUT2D eigenvalue weighted by Crippen LogP contribution is 2.20. The Hall–Kier alpha value is -1.65. The number of halogens is 1. The fourth-order valence-electron chi connectivity index (χ4n) is 1.92. The molecule has 2 rings (SSSR count). The maximum absolute atomic E-state index is 12.8. The van der Waals surface area contributed by atoms with Gasteiger partial charge in [0, 0.05) is 6.54 Å². The molecule has 0 spiro atoms. The molecule has 102 valence electrons. The van der Waals surface area contributed by atoms with E-state index in [0.29, 0.717) is 18.7 Å². The SMILES string of the molecule is Cc1ccc(CNCC(C)(O)c2ccc(F)cc2)o1. The molecular weight excluding hydrogens is 245 g/mol. The second-order valence-corrected chi connectivity index (χ2v) is 4.90. The Morgan fingerprint density at radius 1 is 1.21 bits per heavy atom. The molecule has 0 fully saturated rings. The molecular formula is C15H18FNO2. The van der Waals surface area contributed by atoms with Gasteiger partial charge in [0.15, 0.2) is 0 Å². The van der Waals surface area contributed by atoms with Gasteiger partial charge in [0.05, 0.1) is 12.1 Å². The minimum atomic E-state index is -1.05. The Balaban J connectivity index is 1.92. The molecule has 1 unspecified atom stereocenters. The van der Waals surface area contributed by atoms with E-state index in [9.17, 15) is 9.50 Å². The van der Waals surface area contributed by atoms with Gasteiger partial charge in [-0.3, -0.25) is 0 Å². The maximum Gasteiger partial charge on any atom is 0.123 e. The van der Waals surface area contributed by atoms with Crippen LogP contribution >= 0.6 is 0 Å². The van der Waals surface area contributed by atoms with Crippen LogP contribution in [-0.4, -0.2) is 11.7 Å². The van der Waals surface area contributed by atoms with Gasteiger partial charge in [0.1, 0.15) is 17.3 Å². The van der Waals surface area contributed by atoms with Crippen LogP contribution < -0.4 is 5.32 Å². The van der Waals surface area contributed by atoms with Crippen LogP contribution in [0.1, 0.15) is 24.0 Å². The fourth-order valence-corrected chi connectivity index (χ4v) is 1.92. The van der Waals surface area contributed by atoms with Crippen molar-refractivity contribution in [2.75, 3.05) is 6.54 Å². The van der Waals surface area contributed by atoms with Crippen LogP contribution in [-0.2, 0) is 12.1 Å². The van der Waals surface area contributed by atoms with Crippen LogP contribution in [0.4, 0.5) is 4.39 Å². The van der Waals surface area contributed by atoms with E-state index < -0.39 is 5.60 Å². The molecule has 0 saturated heterocycles. The Kier molecular flexibility index (Phi) is 4.02. The summed E-state index contributed by atoms with van der Waals surface area (Å²) >= 11 is 0. The lowest BCUT2D eigenvalue weighted by Crippen LogP contribution is -2.35. The average Bonchev–Trinajstić information content (AvgIpc) is 2.75. The number of aryl methyl sites for hydroxylation is 1. The lowest BCUT2D eigenvalue weighted by molar-refractivity contribution is 0.0561. The van der Waals surface area contributed by atoms with Crippen molar-refractivity contribution in [1.29, 1.82) is 0 Å². The number of furan rings is 1. The van der Waals surface area contributed by atoms with E-state index in [1.165, 1.54) is 12.1 Å². The molecule has 0 saturated carbocycles. The first-order valence-electron chi connectivity index (χ1n) is 6.22. The zero-order valence-corrected chi connectivity index (χ0v) is 11.1. The van der Waals surface area contributed by atoms with Crippen molar-refractivity contribution < 1.29 is 13.9 Å². The van der Waals surface area contributed by atoms with Crippen molar-refractivity contribution >= 4 is 0 Å². The van der Waals surface area contributed by atoms with Gasteiger partial charge in [-0.1, -0.05) is 12.1 Å². The van der Waals surface area contributed by atoms with Crippen LogP contribution in [0.5, 0.6) is 0 Å². The summed E-state index contributed by atoms with van der Waals surface area (Å²) in [6, 6.07) is 9.67. The average molecular weight is 263 g/mol. The van der Waals surface area contributed by atoms with Gasteiger partial charge in [0.2, 0.25) is 0 Å². The summed E-state index contributed by atoms with van der Waals surface area (Å²) in [7, 11) is 0. The fraction of sp³-hybridized carbons (Fsp3) is 0.333. The lowest BCUT2D eigenvalue weighted by atomic mass is 9.96. The molecule has 3 nitrogen and oxygen atoms in total. The van der Waals surface area contributed by atoms with Gasteiger partial charge in [-0.15, -0.1) is 0 Å². The van der Waals surface area contributed by atoms with E-state index in [-0.39, 0.29) is 5.82 Å². The third kappa shape index (κ3) is 3.66. The van der Waals surface area contributed by atoms with Gasteiger partial charge in [0.25, 0.3) is 0 Å². The topological polar surface area (TPSA) is 45.4 Å². The van der Waals surface area contributed by atoms with E-state index in [1.807, 2.05) is 19.1 Å². The molecule has 1 aromatic carbocycles. The normalized spacial score (nSPS) is 14.3. The van der Waals surface area contributed by atoms with Crippen molar-refractivity contribution in [2.24, 2.45) is 0 Å². The van der Waals surface area contributed by atoms with Gasteiger partial charge in [-0.25, -0.2) is 4.39 Å². The molecule has 0 amide bonds. The summed E-state index contributed by atoms with van der Waals surface area (Å²) in [4.78, 5) is 0. The Labute approximate surface area is 112 Å². The molecule has 19 heavy (non-hydrogen) atoms. The van der Waals surface area contributed by atoms with E-state index in [2.05, 4.69) is 5.32 Å². The molecule has 0 aliphatic carbocycles. The van der Waals surface area contributed by atoms with E-state index in [1.54, 1.807) is 19.1 Å². The van der Waals surface area contributed by atoms with E-state index in [0.717, 1.165) is 11.5 Å². The first-order valence-corrected chi connectivity index (χ1v) is 6.22. The predicted molar refractivity (Wildman–Crippen MR) is 71.1 cm³/mol. The lowest BCUT2D eigenvalue weighted by Gasteiger charge is -2.24. The van der Waals surface area contributed by atoms with Crippen LogP contribution in [0.15, 0.2) is 40.8 Å². The molecule has 1 heterocycles. The predicted octanol–water partition coefficient (Wildman–Crippen LogP) is 2.72. The smallest absolute Gasteiger partial charge is 0.123 e. The number of hydrogen-bond donors (Lipinski definition) is 2. The summed E-state index contributed by atoms with van der Waals surface area (Å²) < 4.78 is 18.3. The quantitative estimate of drug-likeness (QED) is 0.872. The zero-order chi connectivity index (χ0) is 13.9. The Bertz CT molecular complexity index is 531. The highest BCUT2D eigenvalue weighted by molar-refractivity contribution is 5.22. The highest BCUT2D eigenvalue weighted by atomic mass is 19.1. The molecule has 2 N–H and O–H groups in total. The van der Waals surface area contributed by atoms with E-state index in [4.69, 9.17) is 4.42 Å². The first-order chi connectivity index (χ1) is 8.97. The van der Waals surface area contributed by atoms with Crippen molar-refractivity contribution in [1.82, 2.24) is 5.32 Å². The van der Waals surface area contributed by atoms with Crippen molar-refractivity contribution in [2.45, 2.75) is 26.0 Å². The first kappa shape index (κ1) is 13.8. The monoisotopic (exact) mass is 263 g/mol. The van der Waals surface area contributed by atoms with Crippen molar-refractivity contribution in [3.8, 4) is 0 Å². The Morgan fingerprint density at radius 2 is 1.89 bits per heavy atom. The van der Waals surface area contributed by atoms with Gasteiger partial charge >= 0.3 is 0 Å². The minimum Gasteiger partial charge on any atom is -0.465 e. The molecule has 2 aromatic rings. The molecule has 0 radical (unpaired) electrons. The number of benzene rings is 1. The third-order valence-corrected chi connectivity index (χ3v) is 3.03. The zero-order valence-electron chi connectivity index (χ0n) is 11.1. The molecule has 0 bridgehead atoms. The van der Waals surface area contributed by atoms with Gasteiger partial charge < -0.3 is 14.8 Å². The summed E-state index contributed by atoms with van der Waals surface area (Å²) in [6.45, 7) is 4.49. The summed E-state index contributed by atoms with van der Waals surface area (Å²) in [5, 5.41) is 13.5. The largest absolute Gasteiger partial charge is 0.465 e. The van der Waals surface area contributed by atoms with Crippen LogP contribution in [0, 0.1) is 12.7 Å². The summed E-state index contributed by atoms with van der Waals surface area (Å²) in [5.41, 5.74) is -0.368. The van der Waals surface area contributed by atoms with E-state index >= 15 is 0 Å². The van der Waals surface area contributed by atoms with Gasteiger partial charge in [-0.05, 0) is 43.7 Å². The maximum atomic E-state index is 12.8. The molecule has 1 atom stereocenters. The molecule has 0 aliphatic heterocycles. The Morgan fingerprint density at radius 3 is 2.47 bits per heavy atom. The van der Waals surface area contributed by atoms with Crippen molar-refractivity contribution in [3.05, 3.63) is 59.3 Å². The molecule has 0 aliphatic rings. The minimum absolute atomic E-state index is 0.307. The molecule has 1 aromatic heterocycles. The van der Waals surface area contributed by atoms with Crippen LogP contribution in [0.25, 0.3) is 0 Å². The second-order valence-electron chi connectivity index (χ2n) is 4.90. The van der Waals surface area contributed by atoms with Crippen LogP contribution in [0.2, 0.25) is 0 Å². The number of hydrogen-bond acceptors (Lipinski definition) is 3. The summed E-state index contributed by atoms with van der Waals surface area (Å²) in [6.07, 6.45) is 0. The third-order valence-electron chi connectivity index (χ3n) is 3.03. The van der Waals surface area contributed by atoms with Gasteiger partial charge in [-0.2, -0.15) is 0 Å². The number of rotatable bonds is 5. The molecule has 4 heteroatoms. The number of aliphatic hydroxyl groups is 1. The van der Waals surface area contributed by atoms with Crippen LogP contribution in [0.3, 0.4) is 0 Å². The number of nitrogens with one attached hydrogen (secondary N) is 1. The summed E-state index contributed by atoms with van der Waals surface area (Å²) in [5.74, 6) is 1.38. The standard InChI is InChI=1S/C15H18FNO2/c1-11-3-8-14(19-11)9-17-10-15(2,18)12-4-6-13(16)7-5-12/h3-8,17-18H,9-10H2,1-2H3. The second kappa shape index (κ2) is 5.55. The van der Waals surface area contributed by atoms with Crippen molar-refractivity contribution in [3.63, 3.8) is 0 Å². The highest BCUT2D eigenvalue weighted by Gasteiger charge is 2.22.